The number of hydrogen-bond donors (Lipinski definition) is 1. The molecule has 14 nitrogen and oxygen atoms in total. The number of Topliss-reactive ketones (excluding diaryl/α,β-unsaturated/α-hetero) is 2. The van der Waals surface area contributed by atoms with Crippen LogP contribution >= 0.6 is 0 Å². The normalized spacial score (nSPS) is 16.8. The Labute approximate surface area is 328 Å². The van der Waals surface area contributed by atoms with Crippen molar-refractivity contribution in [3.63, 3.8) is 0 Å². The van der Waals surface area contributed by atoms with Crippen LogP contribution in [0.4, 0.5) is 0 Å². The molecule has 2 aliphatic rings. The van der Waals surface area contributed by atoms with Crippen LogP contribution in [0.3, 0.4) is 0 Å². The molecule has 0 unspecified atom stereocenters. The van der Waals surface area contributed by atoms with Crippen molar-refractivity contribution in [1.82, 2.24) is 20.1 Å². The lowest BCUT2D eigenvalue weighted by Crippen LogP contribution is -2.50. The van der Waals surface area contributed by atoms with Crippen LogP contribution in [-0.4, -0.2) is 135 Å². The molecule has 0 aromatic carbocycles. The zero-order valence-corrected chi connectivity index (χ0v) is 35.5. The Balaban J connectivity index is 0.000000296. The minimum Gasteiger partial charge on any atom is -0.394 e. The summed E-state index contributed by atoms with van der Waals surface area (Å²) in [5, 5.41) is 17.1. The molecule has 0 amide bonds. The first kappa shape index (κ1) is 46.8. The zero-order valence-electron chi connectivity index (χ0n) is 35.5. The summed E-state index contributed by atoms with van der Waals surface area (Å²) in [5.41, 5.74) is -1.14. The topological polar surface area (TPSA) is 159 Å². The average molecular weight is 779 g/mol. The van der Waals surface area contributed by atoms with Crippen LogP contribution in [0.15, 0.2) is 21.2 Å². The van der Waals surface area contributed by atoms with Gasteiger partial charge in [-0.05, 0) is 107 Å². The summed E-state index contributed by atoms with van der Waals surface area (Å²) in [6, 6.07) is 3.59. The molecule has 2 aromatic rings. The average Bonchev–Trinajstić information content (AvgIpc) is 3.83. The van der Waals surface area contributed by atoms with Crippen LogP contribution in [0.1, 0.15) is 104 Å². The van der Waals surface area contributed by atoms with Crippen molar-refractivity contribution < 1.29 is 47.4 Å². The van der Waals surface area contributed by atoms with Gasteiger partial charge in [0.1, 0.15) is 34.1 Å². The minimum atomic E-state index is -0.678. The molecule has 2 fully saturated rings. The fraction of sp³-hybridized carbons (Fsp3) is 0.805. The second kappa shape index (κ2) is 21.3. The van der Waals surface area contributed by atoms with Gasteiger partial charge in [0.2, 0.25) is 0 Å². The molecule has 0 radical (unpaired) electrons. The Morgan fingerprint density at radius 3 is 1.44 bits per heavy atom. The maximum absolute atomic E-state index is 13.0. The van der Waals surface area contributed by atoms with Gasteiger partial charge in [0.15, 0.2) is 11.6 Å². The number of rotatable bonds is 21. The van der Waals surface area contributed by atoms with E-state index in [2.05, 4.69) is 20.1 Å². The second-order valence-corrected chi connectivity index (χ2v) is 17.0. The lowest BCUT2D eigenvalue weighted by molar-refractivity contribution is -0.129. The predicted molar refractivity (Wildman–Crippen MR) is 208 cm³/mol. The number of methoxy groups -OCH3 is 1. The molecule has 2 aliphatic heterocycles. The molecule has 2 aromatic heterocycles. The lowest BCUT2D eigenvalue weighted by Gasteiger charge is -2.37. The van der Waals surface area contributed by atoms with E-state index in [1.165, 1.54) is 0 Å². The second-order valence-electron chi connectivity index (χ2n) is 17.0. The number of carbonyl (C=O) groups excluding carboxylic acids is 2. The van der Waals surface area contributed by atoms with Gasteiger partial charge in [0.05, 0.1) is 50.3 Å². The maximum Gasteiger partial charge on any atom is 0.160 e. The predicted octanol–water partition coefficient (Wildman–Crippen LogP) is 4.99. The van der Waals surface area contributed by atoms with E-state index in [1.807, 2.05) is 75.6 Å². The molecule has 0 bridgehead atoms. The van der Waals surface area contributed by atoms with Crippen molar-refractivity contribution in [2.24, 2.45) is 11.8 Å². The molecule has 14 heteroatoms. The Kier molecular flexibility index (Phi) is 18.1. The van der Waals surface area contributed by atoms with E-state index in [0.29, 0.717) is 48.0 Å². The monoisotopic (exact) mass is 779 g/mol. The summed E-state index contributed by atoms with van der Waals surface area (Å²) >= 11 is 0. The third-order valence-electron chi connectivity index (χ3n) is 11.3. The number of nitrogens with zero attached hydrogens (tertiary/aromatic N) is 4. The Morgan fingerprint density at radius 2 is 1.07 bits per heavy atom. The highest BCUT2D eigenvalue weighted by atomic mass is 16.5. The van der Waals surface area contributed by atoms with Gasteiger partial charge in [-0.2, -0.15) is 0 Å². The quantitative estimate of drug-likeness (QED) is 0.169. The maximum atomic E-state index is 13.0. The van der Waals surface area contributed by atoms with Crippen LogP contribution in [-0.2, 0) is 57.3 Å². The van der Waals surface area contributed by atoms with E-state index in [0.717, 1.165) is 65.2 Å². The van der Waals surface area contributed by atoms with E-state index >= 15 is 0 Å². The Hall–Kier alpha value is -2.56. The number of carbonyl (C=O) groups is 2. The lowest BCUT2D eigenvalue weighted by atomic mass is 9.91. The first-order valence-corrected chi connectivity index (χ1v) is 19.8. The third kappa shape index (κ3) is 14.1. The molecular weight excluding hydrogens is 708 g/mol. The summed E-state index contributed by atoms with van der Waals surface area (Å²) < 4.78 is 38.1. The third-order valence-corrected chi connectivity index (χ3v) is 11.3. The molecule has 2 saturated heterocycles. The molecule has 1 N–H and O–H groups in total. The van der Waals surface area contributed by atoms with Gasteiger partial charge in [-0.1, -0.05) is 10.3 Å². The van der Waals surface area contributed by atoms with Crippen molar-refractivity contribution in [3.05, 3.63) is 35.0 Å². The van der Waals surface area contributed by atoms with Crippen LogP contribution in [0, 0.1) is 11.8 Å². The fourth-order valence-electron chi connectivity index (χ4n) is 6.45. The summed E-state index contributed by atoms with van der Waals surface area (Å²) in [6.45, 7) is 21.6. The van der Waals surface area contributed by atoms with Gasteiger partial charge in [-0.15, -0.1) is 0 Å². The molecule has 314 valence electrons. The van der Waals surface area contributed by atoms with Gasteiger partial charge >= 0.3 is 0 Å². The summed E-state index contributed by atoms with van der Waals surface area (Å²) in [7, 11) is 5.66. The standard InChI is InChI=1S/C21H36N2O5.C20H34N2O5/c1-20(2,23(5)15-16-7-9-26-10-8-16)19(24)14-17-13-18(22-28-17)21(3,4)27-12-11-25-6;1-19(2,22(5)14-15-6-9-25-10-7-15)18(24)13-16-12-17(21-27-16)20(3,4)26-11-8-23/h13,16H,7-12,14-15H2,1-6H3;12,15,23H,6-11,13-14H2,1-5H3. The summed E-state index contributed by atoms with van der Waals surface area (Å²) in [5.74, 6) is 2.45. The number of ketones is 2. The molecule has 55 heavy (non-hydrogen) atoms. The highest BCUT2D eigenvalue weighted by Gasteiger charge is 2.36. The molecule has 4 heterocycles. The number of hydrogen-bond acceptors (Lipinski definition) is 14. The largest absolute Gasteiger partial charge is 0.394 e. The molecule has 0 saturated carbocycles. The first-order chi connectivity index (χ1) is 25.8. The van der Waals surface area contributed by atoms with Crippen molar-refractivity contribution in [1.29, 1.82) is 0 Å². The van der Waals surface area contributed by atoms with E-state index in [1.54, 1.807) is 13.2 Å². The smallest absolute Gasteiger partial charge is 0.160 e. The number of aliphatic hydroxyl groups is 1. The number of aliphatic hydroxyl groups excluding tert-OH is 1. The fourth-order valence-corrected chi connectivity index (χ4v) is 6.45. The molecule has 0 spiro atoms. The van der Waals surface area contributed by atoms with Gasteiger partial charge in [-0.3, -0.25) is 19.4 Å². The van der Waals surface area contributed by atoms with Crippen molar-refractivity contribution in [2.75, 3.05) is 87.1 Å². The molecular formula is C41H70N4O10. The van der Waals surface area contributed by atoms with Gasteiger partial charge in [0, 0.05) is 58.8 Å². The minimum absolute atomic E-state index is 0.0553. The van der Waals surface area contributed by atoms with Crippen molar-refractivity contribution in [2.45, 2.75) is 116 Å². The van der Waals surface area contributed by atoms with E-state index in [9.17, 15) is 9.59 Å². The van der Waals surface area contributed by atoms with Crippen molar-refractivity contribution in [3.8, 4) is 0 Å². The van der Waals surface area contributed by atoms with E-state index < -0.39 is 22.3 Å². The SMILES string of the molecule is CN(CC1CCOCC1)C(C)(C)C(=O)Cc1cc(C(C)(C)OCCO)no1.COCCOC(C)(C)c1cc(CC(=O)C(C)(C)N(C)CC2CCOCC2)on1. The van der Waals surface area contributed by atoms with Gasteiger partial charge in [-0.25, -0.2) is 0 Å². The number of aromatic nitrogens is 2. The van der Waals surface area contributed by atoms with Gasteiger partial charge in [0.25, 0.3) is 0 Å². The number of ether oxygens (including phenoxy) is 5. The van der Waals surface area contributed by atoms with Crippen LogP contribution < -0.4 is 0 Å². The molecule has 0 atom stereocenters. The Bertz CT molecular complexity index is 1440. The summed E-state index contributed by atoms with van der Waals surface area (Å²) in [4.78, 5) is 30.2. The van der Waals surface area contributed by atoms with Crippen LogP contribution in [0.2, 0.25) is 0 Å². The number of likely N-dealkylation sites (N-methyl/N-ethyl adjacent to an activating group) is 2. The van der Waals surface area contributed by atoms with Crippen molar-refractivity contribution >= 4 is 11.6 Å². The highest BCUT2D eigenvalue weighted by molar-refractivity contribution is 5.89. The first-order valence-electron chi connectivity index (χ1n) is 19.8. The highest BCUT2D eigenvalue weighted by Crippen LogP contribution is 2.28. The summed E-state index contributed by atoms with van der Waals surface area (Å²) in [6.07, 6.45) is 4.60. The van der Waals surface area contributed by atoms with Gasteiger partial charge < -0.3 is 37.8 Å². The van der Waals surface area contributed by atoms with E-state index in [4.69, 9.17) is 37.8 Å². The van der Waals surface area contributed by atoms with Crippen LogP contribution in [0.5, 0.6) is 0 Å². The van der Waals surface area contributed by atoms with Crippen LogP contribution in [0.25, 0.3) is 0 Å². The molecule has 4 rings (SSSR count). The Morgan fingerprint density at radius 1 is 0.691 bits per heavy atom. The zero-order chi connectivity index (χ0) is 40.9. The van der Waals surface area contributed by atoms with E-state index in [-0.39, 0.29) is 37.6 Å². The molecule has 0 aliphatic carbocycles.